The zero-order chi connectivity index (χ0) is 20.4. The zero-order valence-electron chi connectivity index (χ0n) is 14.6. The maximum atomic E-state index is 14.1. The van der Waals surface area contributed by atoms with Crippen LogP contribution in [0.25, 0.3) is 16.7 Å². The van der Waals surface area contributed by atoms with Gasteiger partial charge in [-0.2, -0.15) is 0 Å². The number of carbonyl (C=O) groups excluding carboxylic acids is 1. The molecule has 0 unspecified atom stereocenters. The molecule has 1 aromatic heterocycles. The van der Waals surface area contributed by atoms with E-state index in [1.807, 2.05) is 0 Å². The number of aromatic nitrogens is 1. The molecule has 8 heteroatoms. The van der Waals surface area contributed by atoms with Crippen LogP contribution in [0.3, 0.4) is 0 Å². The van der Waals surface area contributed by atoms with Gasteiger partial charge in [-0.1, -0.05) is 12.1 Å². The van der Waals surface area contributed by atoms with Gasteiger partial charge >= 0.3 is 5.97 Å². The molecule has 0 amide bonds. The summed E-state index contributed by atoms with van der Waals surface area (Å²) in [6, 6.07) is 8.21. The summed E-state index contributed by atoms with van der Waals surface area (Å²) < 4.78 is 34.1. The van der Waals surface area contributed by atoms with Gasteiger partial charge in [0.2, 0.25) is 0 Å². The number of carbonyl (C=O) groups is 2. The van der Waals surface area contributed by atoms with E-state index < -0.39 is 29.1 Å². The Balaban J connectivity index is 2.17. The summed E-state index contributed by atoms with van der Waals surface area (Å²) in [5.41, 5.74) is 0.892. The van der Waals surface area contributed by atoms with Gasteiger partial charge in [-0.25, -0.2) is 13.6 Å². The number of ether oxygens (including phenoxy) is 1. The Labute approximate surface area is 157 Å². The topological polar surface area (TPSA) is 88.8 Å². The van der Waals surface area contributed by atoms with E-state index >= 15 is 0 Å². The molecular formula is C20H15F2NO5. The molecule has 0 aliphatic carbocycles. The van der Waals surface area contributed by atoms with Gasteiger partial charge in [0, 0.05) is 29.5 Å². The lowest BCUT2D eigenvalue weighted by Crippen LogP contribution is -2.09. The molecule has 3 aromatic rings. The van der Waals surface area contributed by atoms with Crippen LogP contribution in [0.1, 0.15) is 11.1 Å². The van der Waals surface area contributed by atoms with Crippen molar-refractivity contribution in [2.75, 3.05) is 7.11 Å². The summed E-state index contributed by atoms with van der Waals surface area (Å²) in [6.45, 7) is 0.00986. The third-order valence-corrected chi connectivity index (χ3v) is 4.20. The number of nitrogens with zero attached hydrogens (tertiary/aromatic N) is 1. The molecule has 0 saturated carbocycles. The molecule has 0 fully saturated rings. The number of benzene rings is 2. The van der Waals surface area contributed by atoms with Crippen LogP contribution in [0, 0.1) is 11.6 Å². The molecular weight excluding hydrogens is 372 g/mol. The number of halogens is 2. The molecule has 1 heterocycles. The van der Waals surface area contributed by atoms with Crippen molar-refractivity contribution in [2.24, 2.45) is 0 Å². The lowest BCUT2D eigenvalue weighted by atomic mass is 10.1. The number of rotatable bonds is 6. The molecule has 3 rings (SSSR count). The average Bonchev–Trinajstić information content (AvgIpc) is 3.02. The maximum absolute atomic E-state index is 14.1. The largest absolute Gasteiger partial charge is 0.507 e. The Morgan fingerprint density at radius 3 is 2.57 bits per heavy atom. The second-order valence-corrected chi connectivity index (χ2v) is 5.96. The molecule has 28 heavy (non-hydrogen) atoms. The highest BCUT2D eigenvalue weighted by Gasteiger charge is 2.19. The summed E-state index contributed by atoms with van der Waals surface area (Å²) >= 11 is 0. The summed E-state index contributed by atoms with van der Waals surface area (Å²) in [5, 5.41) is 19.5. The number of fused-ring (bicyclic) bond motifs is 1. The van der Waals surface area contributed by atoms with E-state index in [0.29, 0.717) is 22.7 Å². The number of aliphatic carboxylic acids is 1. The molecule has 0 saturated heterocycles. The third-order valence-electron chi connectivity index (χ3n) is 4.20. The number of aliphatic hydroxyl groups excluding tert-OH is 1. The Kier molecular flexibility index (Phi) is 5.12. The fourth-order valence-corrected chi connectivity index (χ4v) is 2.91. The van der Waals surface area contributed by atoms with Crippen LogP contribution in [0.15, 0.2) is 48.7 Å². The van der Waals surface area contributed by atoms with E-state index in [-0.39, 0.29) is 17.7 Å². The molecule has 0 radical (unpaired) electrons. The van der Waals surface area contributed by atoms with Crippen molar-refractivity contribution in [2.45, 2.75) is 6.54 Å². The van der Waals surface area contributed by atoms with Crippen LogP contribution in [0.5, 0.6) is 5.75 Å². The first-order valence-corrected chi connectivity index (χ1v) is 8.10. The zero-order valence-corrected chi connectivity index (χ0v) is 14.6. The number of carboxylic acids is 1. The minimum Gasteiger partial charge on any atom is -0.507 e. The first kappa shape index (κ1) is 19.1. The molecule has 6 nitrogen and oxygen atoms in total. The summed E-state index contributed by atoms with van der Waals surface area (Å²) in [7, 11) is 1.42. The van der Waals surface area contributed by atoms with Crippen molar-refractivity contribution >= 4 is 28.4 Å². The van der Waals surface area contributed by atoms with Gasteiger partial charge in [0.1, 0.15) is 23.1 Å². The smallest absolute Gasteiger partial charge is 0.376 e. The number of hydrogen-bond donors (Lipinski definition) is 2. The molecule has 0 spiro atoms. The Morgan fingerprint density at radius 2 is 1.93 bits per heavy atom. The van der Waals surface area contributed by atoms with Crippen molar-refractivity contribution < 1.29 is 33.3 Å². The minimum absolute atomic E-state index is 0.00986. The number of carboxylic acid groups (broad SMARTS) is 1. The first-order valence-electron chi connectivity index (χ1n) is 8.10. The van der Waals surface area contributed by atoms with Crippen LogP contribution in [-0.4, -0.2) is 33.6 Å². The molecule has 0 atom stereocenters. The van der Waals surface area contributed by atoms with Gasteiger partial charge in [0.25, 0.3) is 5.78 Å². The predicted octanol–water partition coefficient (Wildman–Crippen LogP) is 3.53. The molecule has 0 aliphatic rings. The van der Waals surface area contributed by atoms with Gasteiger partial charge < -0.3 is 19.5 Å². The fourth-order valence-electron chi connectivity index (χ4n) is 2.91. The lowest BCUT2D eigenvalue weighted by Gasteiger charge is -2.08. The van der Waals surface area contributed by atoms with Crippen LogP contribution in [0.4, 0.5) is 8.78 Å². The van der Waals surface area contributed by atoms with Gasteiger partial charge in [-0.15, -0.1) is 0 Å². The van der Waals surface area contributed by atoms with Gasteiger partial charge in [0.15, 0.2) is 0 Å². The fraction of sp³-hybridized carbons (Fsp3) is 0.100. The second-order valence-electron chi connectivity index (χ2n) is 5.96. The van der Waals surface area contributed by atoms with Crippen LogP contribution in [-0.2, 0) is 16.1 Å². The Bertz CT molecular complexity index is 1120. The van der Waals surface area contributed by atoms with E-state index in [4.69, 9.17) is 9.84 Å². The number of aliphatic hydroxyl groups is 1. The molecule has 2 N–H and O–H groups in total. The molecule has 144 valence electrons. The van der Waals surface area contributed by atoms with E-state index in [9.17, 15) is 23.5 Å². The molecule has 2 aromatic carbocycles. The SMILES string of the molecule is COc1cccc2c1c(C(O)=CC(=O)C(=O)O)cn2Cc1ccc(F)cc1F. The maximum Gasteiger partial charge on any atom is 0.376 e. The normalized spacial score (nSPS) is 11.6. The minimum atomic E-state index is -1.71. The van der Waals surface area contributed by atoms with Crippen molar-refractivity contribution in [1.29, 1.82) is 0 Å². The third kappa shape index (κ3) is 3.57. The van der Waals surface area contributed by atoms with Crippen molar-refractivity contribution in [3.05, 3.63) is 71.4 Å². The first-order chi connectivity index (χ1) is 13.3. The Hall–Kier alpha value is -3.68. The average molecular weight is 387 g/mol. The highest BCUT2D eigenvalue weighted by molar-refractivity contribution is 6.38. The monoisotopic (exact) mass is 387 g/mol. The second kappa shape index (κ2) is 7.51. The van der Waals surface area contributed by atoms with E-state index in [2.05, 4.69) is 0 Å². The highest BCUT2D eigenvalue weighted by atomic mass is 19.1. The Morgan fingerprint density at radius 1 is 1.18 bits per heavy atom. The van der Waals surface area contributed by atoms with Gasteiger partial charge in [0.05, 0.1) is 24.6 Å². The van der Waals surface area contributed by atoms with Crippen LogP contribution < -0.4 is 4.74 Å². The number of ketones is 1. The summed E-state index contributed by atoms with van der Waals surface area (Å²) in [6.07, 6.45) is 2.03. The summed E-state index contributed by atoms with van der Waals surface area (Å²) in [5.74, 6) is -4.64. The predicted molar refractivity (Wildman–Crippen MR) is 97.2 cm³/mol. The quantitative estimate of drug-likeness (QED) is 0.384. The van der Waals surface area contributed by atoms with E-state index in [1.54, 1.807) is 22.8 Å². The van der Waals surface area contributed by atoms with Gasteiger partial charge in [-0.05, 0) is 18.2 Å². The van der Waals surface area contributed by atoms with Crippen molar-refractivity contribution in [3.8, 4) is 5.75 Å². The van der Waals surface area contributed by atoms with Crippen LogP contribution >= 0.6 is 0 Å². The molecule has 0 aliphatic heterocycles. The van der Waals surface area contributed by atoms with Crippen molar-refractivity contribution in [3.63, 3.8) is 0 Å². The summed E-state index contributed by atoms with van der Waals surface area (Å²) in [4.78, 5) is 22.2. The van der Waals surface area contributed by atoms with E-state index in [0.717, 1.165) is 12.1 Å². The molecule has 0 bridgehead atoms. The standard InChI is InChI=1S/C20H15F2NO5/c1-28-18-4-2-3-15-19(18)13(16(24)8-17(25)20(26)27)10-23(15)9-11-5-6-12(21)7-14(11)22/h2-8,10,24H,9H2,1H3,(H,26,27). The lowest BCUT2D eigenvalue weighted by molar-refractivity contribution is -0.146. The van der Waals surface area contributed by atoms with Crippen LogP contribution in [0.2, 0.25) is 0 Å². The number of methoxy groups -OCH3 is 1. The van der Waals surface area contributed by atoms with Gasteiger partial charge in [-0.3, -0.25) is 4.79 Å². The highest BCUT2D eigenvalue weighted by Crippen LogP contribution is 2.34. The van der Waals surface area contributed by atoms with E-state index in [1.165, 1.54) is 19.4 Å². The number of hydrogen-bond acceptors (Lipinski definition) is 4. The van der Waals surface area contributed by atoms with Crippen molar-refractivity contribution in [1.82, 2.24) is 4.57 Å².